The average Bonchev–Trinajstić information content (AvgIpc) is 2.65. The molecule has 0 bridgehead atoms. The van der Waals surface area contributed by atoms with E-state index in [2.05, 4.69) is 20.2 Å². The number of hydrogen-bond donors (Lipinski definition) is 2. The second kappa shape index (κ2) is 3.95. The minimum absolute atomic E-state index is 0.169. The van der Waals surface area contributed by atoms with Gasteiger partial charge < -0.3 is 10.5 Å². The predicted octanol–water partition coefficient (Wildman–Crippen LogP) is 0.890. The Bertz CT molecular complexity index is 490. The first-order valence-corrected chi connectivity index (χ1v) is 4.52. The number of nitrogens with two attached hydrogens (primary N) is 1. The summed E-state index contributed by atoms with van der Waals surface area (Å²) in [5, 5.41) is 7.29. The first kappa shape index (κ1) is 9.45. The van der Waals surface area contributed by atoms with Crippen molar-refractivity contribution in [1.29, 1.82) is 0 Å². The summed E-state index contributed by atoms with van der Waals surface area (Å²) < 4.78 is 5.42. The minimum atomic E-state index is 0.169. The van der Waals surface area contributed by atoms with Crippen molar-refractivity contribution in [2.45, 2.75) is 6.92 Å². The molecule has 0 aliphatic carbocycles. The van der Waals surface area contributed by atoms with E-state index >= 15 is 0 Å². The van der Waals surface area contributed by atoms with Crippen LogP contribution in [-0.4, -0.2) is 26.8 Å². The SMILES string of the molecule is C/C=C/COc1nc(N)nc2[nH]ncc12. The van der Waals surface area contributed by atoms with Gasteiger partial charge in [-0.3, -0.25) is 5.10 Å². The smallest absolute Gasteiger partial charge is 0.229 e. The topological polar surface area (TPSA) is 89.7 Å². The zero-order chi connectivity index (χ0) is 10.7. The highest BCUT2D eigenvalue weighted by molar-refractivity contribution is 5.80. The molecule has 0 aliphatic rings. The van der Waals surface area contributed by atoms with Gasteiger partial charge >= 0.3 is 0 Å². The molecular formula is C9H11N5O. The number of nitrogens with zero attached hydrogens (tertiary/aromatic N) is 3. The third-order valence-electron chi connectivity index (χ3n) is 1.84. The number of anilines is 1. The maximum absolute atomic E-state index is 5.52. The van der Waals surface area contributed by atoms with Gasteiger partial charge in [-0.15, -0.1) is 0 Å². The zero-order valence-electron chi connectivity index (χ0n) is 8.27. The molecule has 0 aromatic carbocycles. The third kappa shape index (κ3) is 1.88. The van der Waals surface area contributed by atoms with E-state index in [1.54, 1.807) is 6.20 Å². The van der Waals surface area contributed by atoms with Gasteiger partial charge in [-0.25, -0.2) is 0 Å². The average molecular weight is 205 g/mol. The molecule has 0 saturated carbocycles. The predicted molar refractivity (Wildman–Crippen MR) is 56.4 cm³/mol. The summed E-state index contributed by atoms with van der Waals surface area (Å²) in [6, 6.07) is 0. The van der Waals surface area contributed by atoms with Crippen LogP contribution in [0.5, 0.6) is 5.88 Å². The van der Waals surface area contributed by atoms with Gasteiger partial charge in [0.05, 0.1) is 6.20 Å². The number of hydrogen-bond acceptors (Lipinski definition) is 5. The van der Waals surface area contributed by atoms with E-state index in [1.807, 2.05) is 19.1 Å². The van der Waals surface area contributed by atoms with Crippen molar-refractivity contribution in [2.24, 2.45) is 0 Å². The second-order valence-corrected chi connectivity index (χ2v) is 2.90. The van der Waals surface area contributed by atoms with Crippen LogP contribution in [0.15, 0.2) is 18.3 Å². The Morgan fingerprint density at radius 3 is 3.20 bits per heavy atom. The quantitative estimate of drug-likeness (QED) is 0.726. The maximum Gasteiger partial charge on any atom is 0.229 e. The fourth-order valence-electron chi connectivity index (χ4n) is 1.16. The van der Waals surface area contributed by atoms with Crippen LogP contribution in [0, 0.1) is 0 Å². The number of aromatic nitrogens is 4. The summed E-state index contributed by atoms with van der Waals surface area (Å²) in [5.41, 5.74) is 6.10. The fourth-order valence-corrected chi connectivity index (χ4v) is 1.16. The normalized spacial score (nSPS) is 11.3. The van der Waals surface area contributed by atoms with E-state index in [-0.39, 0.29) is 5.95 Å². The van der Waals surface area contributed by atoms with Gasteiger partial charge in [0.15, 0.2) is 5.65 Å². The molecule has 78 valence electrons. The van der Waals surface area contributed by atoms with Crippen LogP contribution < -0.4 is 10.5 Å². The van der Waals surface area contributed by atoms with Gasteiger partial charge in [0.1, 0.15) is 12.0 Å². The molecular weight excluding hydrogens is 194 g/mol. The Balaban J connectivity index is 2.35. The molecule has 0 radical (unpaired) electrons. The number of H-pyrrole nitrogens is 1. The van der Waals surface area contributed by atoms with Crippen molar-refractivity contribution < 1.29 is 4.74 Å². The largest absolute Gasteiger partial charge is 0.473 e. The molecule has 0 amide bonds. The molecule has 15 heavy (non-hydrogen) atoms. The molecule has 6 heteroatoms. The highest BCUT2D eigenvalue weighted by Gasteiger charge is 2.08. The highest BCUT2D eigenvalue weighted by Crippen LogP contribution is 2.20. The lowest BCUT2D eigenvalue weighted by Gasteiger charge is -2.03. The van der Waals surface area contributed by atoms with Crippen LogP contribution in [0.3, 0.4) is 0 Å². The third-order valence-corrected chi connectivity index (χ3v) is 1.84. The van der Waals surface area contributed by atoms with Crippen LogP contribution >= 0.6 is 0 Å². The molecule has 0 aliphatic heterocycles. The number of ether oxygens (including phenoxy) is 1. The summed E-state index contributed by atoms with van der Waals surface area (Å²) >= 11 is 0. The van der Waals surface area contributed by atoms with Crippen LogP contribution in [0.2, 0.25) is 0 Å². The number of fused-ring (bicyclic) bond motifs is 1. The summed E-state index contributed by atoms with van der Waals surface area (Å²) in [6.07, 6.45) is 5.39. The fraction of sp³-hybridized carbons (Fsp3) is 0.222. The van der Waals surface area contributed by atoms with Crippen LogP contribution in [0.25, 0.3) is 11.0 Å². The van der Waals surface area contributed by atoms with Crippen molar-refractivity contribution in [3.8, 4) is 5.88 Å². The van der Waals surface area contributed by atoms with E-state index in [0.717, 1.165) is 5.39 Å². The van der Waals surface area contributed by atoms with E-state index in [9.17, 15) is 0 Å². The van der Waals surface area contributed by atoms with E-state index < -0.39 is 0 Å². The van der Waals surface area contributed by atoms with Crippen molar-refractivity contribution in [3.05, 3.63) is 18.3 Å². The van der Waals surface area contributed by atoms with E-state index in [1.165, 1.54) is 0 Å². The molecule has 0 fully saturated rings. The zero-order valence-corrected chi connectivity index (χ0v) is 8.27. The van der Waals surface area contributed by atoms with Crippen molar-refractivity contribution in [3.63, 3.8) is 0 Å². The molecule has 2 heterocycles. The van der Waals surface area contributed by atoms with Crippen molar-refractivity contribution >= 4 is 17.0 Å². The second-order valence-electron chi connectivity index (χ2n) is 2.90. The number of allylic oxidation sites excluding steroid dienone is 1. The highest BCUT2D eigenvalue weighted by atomic mass is 16.5. The minimum Gasteiger partial charge on any atom is -0.473 e. The van der Waals surface area contributed by atoms with E-state index in [4.69, 9.17) is 10.5 Å². The van der Waals surface area contributed by atoms with E-state index in [0.29, 0.717) is 18.1 Å². The lowest BCUT2D eigenvalue weighted by molar-refractivity contribution is 0.353. The Kier molecular flexibility index (Phi) is 2.49. The molecule has 2 aromatic rings. The lowest BCUT2D eigenvalue weighted by Crippen LogP contribution is -2.01. The van der Waals surface area contributed by atoms with Gasteiger partial charge in [0.2, 0.25) is 11.8 Å². The molecule has 6 nitrogen and oxygen atoms in total. The Morgan fingerprint density at radius 1 is 1.53 bits per heavy atom. The van der Waals surface area contributed by atoms with Crippen molar-refractivity contribution in [2.75, 3.05) is 12.3 Å². The van der Waals surface area contributed by atoms with Gasteiger partial charge in [-0.1, -0.05) is 12.2 Å². The maximum atomic E-state index is 5.52. The Labute approximate surface area is 86.2 Å². The lowest BCUT2D eigenvalue weighted by atomic mass is 10.4. The van der Waals surface area contributed by atoms with Crippen molar-refractivity contribution in [1.82, 2.24) is 20.2 Å². The Morgan fingerprint density at radius 2 is 2.40 bits per heavy atom. The summed E-state index contributed by atoms with van der Waals surface area (Å²) in [7, 11) is 0. The van der Waals surface area contributed by atoms with Gasteiger partial charge in [-0.05, 0) is 6.92 Å². The number of aromatic amines is 1. The molecule has 3 N–H and O–H groups in total. The molecule has 0 spiro atoms. The first-order valence-electron chi connectivity index (χ1n) is 4.52. The molecule has 2 aromatic heterocycles. The van der Waals surface area contributed by atoms with Gasteiger partial charge in [-0.2, -0.15) is 15.1 Å². The summed E-state index contributed by atoms with van der Waals surface area (Å²) in [6.45, 7) is 2.37. The molecule has 0 unspecified atom stereocenters. The number of rotatable bonds is 3. The summed E-state index contributed by atoms with van der Waals surface area (Å²) in [5.74, 6) is 0.617. The first-order chi connectivity index (χ1) is 7.31. The number of nitrogens with one attached hydrogen (secondary N) is 1. The molecule has 0 atom stereocenters. The van der Waals surface area contributed by atoms with Gasteiger partial charge in [0.25, 0.3) is 0 Å². The molecule has 0 saturated heterocycles. The molecule has 2 rings (SSSR count). The monoisotopic (exact) mass is 205 g/mol. The van der Waals surface area contributed by atoms with Crippen LogP contribution in [-0.2, 0) is 0 Å². The Hall–Kier alpha value is -2.11. The summed E-state index contributed by atoms with van der Waals surface area (Å²) in [4.78, 5) is 7.97. The van der Waals surface area contributed by atoms with Gasteiger partial charge in [0, 0.05) is 0 Å². The standard InChI is InChI=1S/C9H11N5O/c1-2-3-4-15-8-6-5-11-14-7(6)12-9(10)13-8/h2-3,5H,4H2,1H3,(H3,10,11,12,13,14)/b3-2+. The number of nitrogen functional groups attached to an aromatic ring is 1. The van der Waals surface area contributed by atoms with Crippen LogP contribution in [0.1, 0.15) is 6.92 Å². The van der Waals surface area contributed by atoms with Crippen LogP contribution in [0.4, 0.5) is 5.95 Å².